The van der Waals surface area contributed by atoms with Gasteiger partial charge < -0.3 is 10.2 Å². The molecular weight excluding hydrogens is 193 g/mol. The predicted octanol–water partition coefficient (Wildman–Crippen LogP) is 2.91. The molecule has 0 aliphatic heterocycles. The summed E-state index contributed by atoms with van der Waals surface area (Å²) < 4.78 is 18.8. The van der Waals surface area contributed by atoms with Crippen LogP contribution in [0.2, 0.25) is 0 Å². The SMILES string of the molecule is NCc1oc2ccc(F)cc2c1C1CC1. The summed E-state index contributed by atoms with van der Waals surface area (Å²) in [5.74, 6) is 1.14. The molecule has 3 heteroatoms. The fourth-order valence-corrected chi connectivity index (χ4v) is 2.11. The minimum atomic E-state index is -0.214. The highest BCUT2D eigenvalue weighted by atomic mass is 19.1. The van der Waals surface area contributed by atoms with Crippen LogP contribution in [0.3, 0.4) is 0 Å². The van der Waals surface area contributed by atoms with Gasteiger partial charge in [-0.1, -0.05) is 0 Å². The second kappa shape index (κ2) is 3.07. The second-order valence-electron chi connectivity index (χ2n) is 4.06. The van der Waals surface area contributed by atoms with Crippen LogP contribution in [0, 0.1) is 5.82 Å². The molecule has 1 fully saturated rings. The maximum absolute atomic E-state index is 13.1. The fraction of sp³-hybridized carbons (Fsp3) is 0.333. The van der Waals surface area contributed by atoms with Crippen LogP contribution in [0.5, 0.6) is 0 Å². The average molecular weight is 205 g/mol. The smallest absolute Gasteiger partial charge is 0.134 e. The third-order valence-electron chi connectivity index (χ3n) is 2.94. The molecule has 0 unspecified atom stereocenters. The van der Waals surface area contributed by atoms with Crippen LogP contribution in [-0.4, -0.2) is 0 Å². The highest BCUT2D eigenvalue weighted by molar-refractivity contribution is 5.83. The third-order valence-corrected chi connectivity index (χ3v) is 2.94. The molecule has 0 saturated heterocycles. The standard InChI is InChI=1S/C12H12FNO/c13-8-3-4-10-9(5-8)12(7-1-2-7)11(6-14)15-10/h3-5,7H,1-2,6,14H2. The molecule has 0 radical (unpaired) electrons. The van der Waals surface area contributed by atoms with E-state index >= 15 is 0 Å². The summed E-state index contributed by atoms with van der Waals surface area (Å²) >= 11 is 0. The van der Waals surface area contributed by atoms with Gasteiger partial charge in [0.2, 0.25) is 0 Å². The van der Waals surface area contributed by atoms with Crippen molar-refractivity contribution in [2.45, 2.75) is 25.3 Å². The Balaban J connectivity index is 2.30. The van der Waals surface area contributed by atoms with Crippen molar-refractivity contribution in [2.24, 2.45) is 5.73 Å². The Hall–Kier alpha value is -1.35. The molecule has 2 aromatic rings. The first kappa shape index (κ1) is 8.92. The topological polar surface area (TPSA) is 39.2 Å². The van der Waals surface area contributed by atoms with E-state index < -0.39 is 0 Å². The molecule has 1 aliphatic carbocycles. The zero-order chi connectivity index (χ0) is 10.4. The van der Waals surface area contributed by atoms with E-state index in [4.69, 9.17) is 10.2 Å². The van der Waals surface area contributed by atoms with Crippen LogP contribution in [-0.2, 0) is 6.54 Å². The summed E-state index contributed by atoms with van der Waals surface area (Å²) in [4.78, 5) is 0. The van der Waals surface area contributed by atoms with E-state index in [0.717, 1.165) is 35.1 Å². The van der Waals surface area contributed by atoms with E-state index in [1.165, 1.54) is 6.07 Å². The van der Waals surface area contributed by atoms with Crippen molar-refractivity contribution in [3.63, 3.8) is 0 Å². The Morgan fingerprint density at radius 3 is 2.87 bits per heavy atom. The Bertz CT molecular complexity index is 514. The van der Waals surface area contributed by atoms with E-state index in [1.54, 1.807) is 12.1 Å². The van der Waals surface area contributed by atoms with Crippen molar-refractivity contribution in [2.75, 3.05) is 0 Å². The van der Waals surface area contributed by atoms with Crippen molar-refractivity contribution in [1.29, 1.82) is 0 Å². The van der Waals surface area contributed by atoms with Gasteiger partial charge in [0.05, 0.1) is 6.54 Å². The molecule has 1 heterocycles. The number of hydrogen-bond acceptors (Lipinski definition) is 2. The lowest BCUT2D eigenvalue weighted by Crippen LogP contribution is -1.97. The Labute approximate surface area is 86.9 Å². The van der Waals surface area contributed by atoms with Crippen LogP contribution in [0.25, 0.3) is 11.0 Å². The number of furan rings is 1. The predicted molar refractivity (Wildman–Crippen MR) is 56.0 cm³/mol. The third kappa shape index (κ3) is 1.35. The van der Waals surface area contributed by atoms with Gasteiger partial charge in [0.1, 0.15) is 17.2 Å². The van der Waals surface area contributed by atoms with Gasteiger partial charge >= 0.3 is 0 Å². The number of hydrogen-bond donors (Lipinski definition) is 1. The zero-order valence-corrected chi connectivity index (χ0v) is 8.29. The second-order valence-corrected chi connectivity index (χ2v) is 4.06. The van der Waals surface area contributed by atoms with Crippen molar-refractivity contribution in [3.05, 3.63) is 35.3 Å². The molecule has 2 nitrogen and oxygen atoms in total. The van der Waals surface area contributed by atoms with Gasteiger partial charge in [-0.15, -0.1) is 0 Å². The van der Waals surface area contributed by atoms with Gasteiger partial charge in [-0.05, 0) is 37.0 Å². The number of halogens is 1. The molecule has 1 aliphatic rings. The largest absolute Gasteiger partial charge is 0.459 e. The quantitative estimate of drug-likeness (QED) is 0.818. The van der Waals surface area contributed by atoms with Crippen molar-refractivity contribution >= 4 is 11.0 Å². The zero-order valence-electron chi connectivity index (χ0n) is 8.29. The number of fused-ring (bicyclic) bond motifs is 1. The van der Waals surface area contributed by atoms with Crippen LogP contribution in [0.4, 0.5) is 4.39 Å². The molecule has 0 bridgehead atoms. The molecule has 15 heavy (non-hydrogen) atoms. The lowest BCUT2D eigenvalue weighted by atomic mass is 10.1. The van der Waals surface area contributed by atoms with E-state index in [-0.39, 0.29) is 5.82 Å². The summed E-state index contributed by atoms with van der Waals surface area (Å²) in [7, 11) is 0. The van der Waals surface area contributed by atoms with Gasteiger partial charge in [0.15, 0.2) is 0 Å². The van der Waals surface area contributed by atoms with Gasteiger partial charge in [-0.2, -0.15) is 0 Å². The number of rotatable bonds is 2. The van der Waals surface area contributed by atoms with E-state index in [9.17, 15) is 4.39 Å². The minimum absolute atomic E-state index is 0.214. The molecule has 2 N–H and O–H groups in total. The highest BCUT2D eigenvalue weighted by Gasteiger charge is 2.30. The molecule has 1 saturated carbocycles. The number of benzene rings is 1. The van der Waals surface area contributed by atoms with Gasteiger partial charge in [0, 0.05) is 10.9 Å². The molecule has 78 valence electrons. The summed E-state index contributed by atoms with van der Waals surface area (Å²) in [5.41, 5.74) is 7.51. The van der Waals surface area contributed by atoms with Gasteiger partial charge in [-0.25, -0.2) is 4.39 Å². The van der Waals surface area contributed by atoms with E-state index in [0.29, 0.717) is 12.5 Å². The van der Waals surface area contributed by atoms with Crippen molar-refractivity contribution < 1.29 is 8.81 Å². The first-order chi connectivity index (χ1) is 7.29. The van der Waals surface area contributed by atoms with E-state index in [2.05, 4.69) is 0 Å². The molecule has 0 amide bonds. The Morgan fingerprint density at radius 1 is 1.40 bits per heavy atom. The number of nitrogens with two attached hydrogens (primary N) is 1. The minimum Gasteiger partial charge on any atom is -0.459 e. The maximum Gasteiger partial charge on any atom is 0.134 e. The summed E-state index contributed by atoms with van der Waals surface area (Å²) in [6, 6.07) is 4.64. The Kier molecular flexibility index (Phi) is 1.83. The van der Waals surface area contributed by atoms with Crippen LogP contribution in [0.1, 0.15) is 30.1 Å². The average Bonchev–Trinajstić information content (AvgIpc) is 2.99. The van der Waals surface area contributed by atoms with Crippen LogP contribution < -0.4 is 5.73 Å². The summed E-state index contributed by atoms with van der Waals surface area (Å²) in [6.07, 6.45) is 2.33. The summed E-state index contributed by atoms with van der Waals surface area (Å²) in [5, 5.41) is 0.901. The van der Waals surface area contributed by atoms with Crippen molar-refractivity contribution in [1.82, 2.24) is 0 Å². The van der Waals surface area contributed by atoms with Crippen molar-refractivity contribution in [3.8, 4) is 0 Å². The maximum atomic E-state index is 13.1. The first-order valence-electron chi connectivity index (χ1n) is 5.20. The highest BCUT2D eigenvalue weighted by Crippen LogP contribution is 2.46. The van der Waals surface area contributed by atoms with Gasteiger partial charge in [-0.3, -0.25) is 0 Å². The normalized spacial score (nSPS) is 16.1. The first-order valence-corrected chi connectivity index (χ1v) is 5.20. The van der Waals surface area contributed by atoms with E-state index in [1.807, 2.05) is 0 Å². The molecule has 1 aromatic heterocycles. The molecular formula is C12H12FNO. The van der Waals surface area contributed by atoms with Crippen LogP contribution >= 0.6 is 0 Å². The molecule has 0 spiro atoms. The molecule has 1 aromatic carbocycles. The lowest BCUT2D eigenvalue weighted by Gasteiger charge is -1.96. The lowest BCUT2D eigenvalue weighted by molar-refractivity contribution is 0.545. The van der Waals surface area contributed by atoms with Gasteiger partial charge in [0.25, 0.3) is 0 Å². The fourth-order valence-electron chi connectivity index (χ4n) is 2.11. The molecule has 3 rings (SSSR count). The molecule has 0 atom stereocenters. The Morgan fingerprint density at radius 2 is 2.20 bits per heavy atom. The summed E-state index contributed by atoms with van der Waals surface area (Å²) in [6.45, 7) is 0.391. The van der Waals surface area contributed by atoms with Crippen LogP contribution in [0.15, 0.2) is 22.6 Å². The monoisotopic (exact) mass is 205 g/mol.